The van der Waals surface area contributed by atoms with E-state index in [2.05, 4.69) is 4.99 Å². The molecule has 0 saturated carbocycles. The molecule has 2 aromatic carbocycles. The summed E-state index contributed by atoms with van der Waals surface area (Å²) in [6.07, 6.45) is 1.10. The summed E-state index contributed by atoms with van der Waals surface area (Å²) in [5, 5.41) is 0. The Balaban J connectivity index is 0.000000956. The number of carbonyl (C=O) groups excluding carboxylic acids is 1. The van der Waals surface area contributed by atoms with Gasteiger partial charge < -0.3 is 4.74 Å². The second kappa shape index (κ2) is 9.50. The van der Waals surface area contributed by atoms with Gasteiger partial charge in [0.05, 0.1) is 0 Å². The number of ether oxygens (including phenoxy) is 1. The molecule has 1 unspecified atom stereocenters. The van der Waals surface area contributed by atoms with Crippen LogP contribution in [-0.2, 0) is 9.53 Å². The number of hydrogen-bond acceptors (Lipinski definition) is 3. The molecule has 0 fully saturated rings. The van der Waals surface area contributed by atoms with Gasteiger partial charge in [0.2, 0.25) is 6.23 Å². The lowest BCUT2D eigenvalue weighted by atomic mass is 10.2. The quantitative estimate of drug-likeness (QED) is 0.607. The van der Waals surface area contributed by atoms with Crippen molar-refractivity contribution in [2.24, 2.45) is 4.99 Å². The van der Waals surface area contributed by atoms with Gasteiger partial charge in [0.25, 0.3) is 6.47 Å². The Morgan fingerprint density at radius 1 is 0.950 bits per heavy atom. The van der Waals surface area contributed by atoms with Gasteiger partial charge in [0, 0.05) is 11.8 Å². The second-order valence-electron chi connectivity index (χ2n) is 3.68. The van der Waals surface area contributed by atoms with Gasteiger partial charge in [-0.3, -0.25) is 4.79 Å². The van der Waals surface area contributed by atoms with Crippen molar-refractivity contribution < 1.29 is 9.53 Å². The topological polar surface area (TPSA) is 38.7 Å². The summed E-state index contributed by atoms with van der Waals surface area (Å²) in [5.74, 6) is 0. The lowest BCUT2D eigenvalue weighted by Crippen LogP contribution is -2.00. The molecule has 0 N–H and O–H groups in total. The van der Waals surface area contributed by atoms with Crippen LogP contribution >= 0.6 is 0 Å². The Morgan fingerprint density at radius 2 is 1.50 bits per heavy atom. The van der Waals surface area contributed by atoms with Gasteiger partial charge in [0.1, 0.15) is 0 Å². The number of carbonyl (C=O) groups is 1. The molecule has 0 radical (unpaired) electrons. The van der Waals surface area contributed by atoms with Crippen LogP contribution < -0.4 is 0 Å². The van der Waals surface area contributed by atoms with Crippen LogP contribution in [0.5, 0.6) is 0 Å². The second-order valence-corrected chi connectivity index (χ2v) is 3.68. The van der Waals surface area contributed by atoms with Gasteiger partial charge in [0.15, 0.2) is 0 Å². The van der Waals surface area contributed by atoms with Gasteiger partial charge in [-0.15, -0.1) is 0 Å². The average Bonchev–Trinajstić information content (AvgIpc) is 2.55. The SMILES string of the molecule is CC.O=COC(/N=C/c1ccccc1)c1ccccc1. The van der Waals surface area contributed by atoms with Crippen molar-refractivity contribution in [3.05, 3.63) is 71.8 Å². The Morgan fingerprint density at radius 3 is 2.05 bits per heavy atom. The standard InChI is InChI=1S/C15H13NO2.C2H6/c17-12-18-15(14-9-5-2-6-10-14)16-11-13-7-3-1-4-8-13;1-2/h1-12,15H;1-2H3/b16-11+;. The number of hydrogen-bond donors (Lipinski definition) is 0. The molecule has 1 atom stereocenters. The number of benzene rings is 2. The van der Waals surface area contributed by atoms with E-state index in [1.54, 1.807) is 6.21 Å². The van der Waals surface area contributed by atoms with Crippen LogP contribution in [0.1, 0.15) is 31.2 Å². The Kier molecular flexibility index (Phi) is 7.43. The van der Waals surface area contributed by atoms with Crippen LogP contribution in [0.3, 0.4) is 0 Å². The number of nitrogens with zero attached hydrogens (tertiary/aromatic N) is 1. The molecule has 2 rings (SSSR count). The maximum Gasteiger partial charge on any atom is 0.295 e. The molecule has 0 aliphatic rings. The molecule has 20 heavy (non-hydrogen) atoms. The molecule has 0 aromatic heterocycles. The molecular weight excluding hydrogens is 250 g/mol. The average molecular weight is 269 g/mol. The van der Waals surface area contributed by atoms with Crippen molar-refractivity contribution in [2.75, 3.05) is 0 Å². The maximum atomic E-state index is 10.5. The van der Waals surface area contributed by atoms with E-state index in [0.29, 0.717) is 6.47 Å². The molecule has 0 heterocycles. The lowest BCUT2D eigenvalue weighted by molar-refractivity contribution is -0.133. The van der Waals surface area contributed by atoms with Crippen molar-refractivity contribution in [3.63, 3.8) is 0 Å². The molecule has 104 valence electrons. The van der Waals surface area contributed by atoms with Crippen LogP contribution in [-0.4, -0.2) is 12.7 Å². The van der Waals surface area contributed by atoms with Gasteiger partial charge in [-0.05, 0) is 5.56 Å². The minimum absolute atomic E-state index is 0.417. The summed E-state index contributed by atoms with van der Waals surface area (Å²) in [6, 6.07) is 19.1. The minimum Gasteiger partial charge on any atom is -0.438 e. The van der Waals surface area contributed by atoms with E-state index < -0.39 is 6.23 Å². The van der Waals surface area contributed by atoms with Gasteiger partial charge in [-0.2, -0.15) is 0 Å². The molecule has 0 aliphatic carbocycles. The smallest absolute Gasteiger partial charge is 0.295 e. The third-order valence-electron chi connectivity index (χ3n) is 2.43. The number of rotatable bonds is 5. The fraction of sp³-hybridized carbons (Fsp3) is 0.176. The van der Waals surface area contributed by atoms with E-state index in [0.717, 1.165) is 11.1 Å². The molecule has 0 amide bonds. The summed E-state index contributed by atoms with van der Waals surface area (Å²) < 4.78 is 4.97. The first-order valence-corrected chi connectivity index (χ1v) is 6.62. The summed E-state index contributed by atoms with van der Waals surface area (Å²) in [4.78, 5) is 14.8. The fourth-order valence-corrected chi connectivity index (χ4v) is 1.56. The first-order chi connectivity index (χ1) is 9.90. The number of aliphatic imine (C=N–C) groups is 1. The monoisotopic (exact) mass is 269 g/mol. The van der Waals surface area contributed by atoms with E-state index in [1.807, 2.05) is 74.5 Å². The molecular formula is C17H19NO2. The van der Waals surface area contributed by atoms with Crippen LogP contribution in [0, 0.1) is 0 Å². The van der Waals surface area contributed by atoms with Crippen LogP contribution in [0.2, 0.25) is 0 Å². The molecule has 3 nitrogen and oxygen atoms in total. The van der Waals surface area contributed by atoms with Crippen LogP contribution in [0.15, 0.2) is 65.7 Å². The highest BCUT2D eigenvalue weighted by Crippen LogP contribution is 2.17. The Labute approximate surface area is 119 Å². The van der Waals surface area contributed by atoms with Crippen molar-refractivity contribution in [2.45, 2.75) is 20.1 Å². The minimum atomic E-state index is -0.594. The van der Waals surface area contributed by atoms with E-state index in [1.165, 1.54) is 0 Å². The zero-order valence-corrected chi connectivity index (χ0v) is 11.8. The van der Waals surface area contributed by atoms with Crippen LogP contribution in [0.25, 0.3) is 0 Å². The Hall–Kier alpha value is -2.42. The Bertz CT molecular complexity index is 509. The van der Waals surface area contributed by atoms with Crippen molar-refractivity contribution in [1.29, 1.82) is 0 Å². The van der Waals surface area contributed by atoms with Crippen molar-refractivity contribution in [1.82, 2.24) is 0 Å². The summed E-state index contributed by atoms with van der Waals surface area (Å²) in [5.41, 5.74) is 1.81. The maximum absolute atomic E-state index is 10.5. The highest BCUT2D eigenvalue weighted by atomic mass is 16.5. The van der Waals surface area contributed by atoms with Crippen molar-refractivity contribution in [3.8, 4) is 0 Å². The highest BCUT2D eigenvalue weighted by molar-refractivity contribution is 5.79. The molecule has 0 saturated heterocycles. The van der Waals surface area contributed by atoms with E-state index in [4.69, 9.17) is 4.74 Å². The molecule has 0 aliphatic heterocycles. The first-order valence-electron chi connectivity index (χ1n) is 6.62. The normalized spacial score (nSPS) is 11.3. The highest BCUT2D eigenvalue weighted by Gasteiger charge is 2.08. The summed E-state index contributed by atoms with van der Waals surface area (Å²) >= 11 is 0. The zero-order chi connectivity index (χ0) is 14.6. The van der Waals surface area contributed by atoms with E-state index in [-0.39, 0.29) is 0 Å². The molecule has 3 heteroatoms. The molecule has 0 spiro atoms. The van der Waals surface area contributed by atoms with E-state index >= 15 is 0 Å². The predicted octanol–water partition coefficient (Wildman–Crippen LogP) is 4.00. The van der Waals surface area contributed by atoms with Gasteiger partial charge in [-0.1, -0.05) is 74.5 Å². The lowest BCUT2D eigenvalue weighted by Gasteiger charge is -2.10. The van der Waals surface area contributed by atoms with E-state index in [9.17, 15) is 4.79 Å². The third-order valence-corrected chi connectivity index (χ3v) is 2.43. The summed E-state index contributed by atoms with van der Waals surface area (Å²) in [6.45, 7) is 4.42. The van der Waals surface area contributed by atoms with Gasteiger partial charge >= 0.3 is 0 Å². The zero-order valence-electron chi connectivity index (χ0n) is 11.8. The summed E-state index contributed by atoms with van der Waals surface area (Å²) in [7, 11) is 0. The third kappa shape index (κ3) is 5.06. The first kappa shape index (κ1) is 15.6. The van der Waals surface area contributed by atoms with Crippen LogP contribution in [0.4, 0.5) is 0 Å². The van der Waals surface area contributed by atoms with Crippen molar-refractivity contribution >= 4 is 12.7 Å². The molecule has 0 bridgehead atoms. The largest absolute Gasteiger partial charge is 0.438 e. The predicted molar refractivity (Wildman–Crippen MR) is 81.7 cm³/mol. The fourth-order valence-electron chi connectivity index (χ4n) is 1.56. The molecule has 2 aromatic rings. The van der Waals surface area contributed by atoms with Gasteiger partial charge in [-0.25, -0.2) is 4.99 Å².